The Morgan fingerprint density at radius 2 is 1.86 bits per heavy atom. The molecule has 29 heavy (non-hydrogen) atoms. The summed E-state index contributed by atoms with van der Waals surface area (Å²) >= 11 is 0. The Balaban J connectivity index is 1.66. The van der Waals surface area contributed by atoms with Gasteiger partial charge in [0.1, 0.15) is 6.04 Å². The third-order valence-electron chi connectivity index (χ3n) is 5.73. The molecule has 1 atom stereocenters. The fraction of sp³-hybridized carbons (Fsp3) is 0.435. The minimum atomic E-state index is -0.864. The van der Waals surface area contributed by atoms with E-state index in [9.17, 15) is 14.9 Å². The fourth-order valence-corrected chi connectivity index (χ4v) is 3.85. The number of aromatic nitrogens is 1. The van der Waals surface area contributed by atoms with Crippen molar-refractivity contribution in [2.75, 3.05) is 0 Å². The van der Waals surface area contributed by atoms with Gasteiger partial charge in [-0.15, -0.1) is 0 Å². The summed E-state index contributed by atoms with van der Waals surface area (Å²) in [7, 11) is 0. The van der Waals surface area contributed by atoms with Gasteiger partial charge in [-0.25, -0.2) is 0 Å². The van der Waals surface area contributed by atoms with Crippen molar-refractivity contribution in [2.45, 2.75) is 63.5 Å². The molecule has 4 N–H and O–H groups in total. The van der Waals surface area contributed by atoms with Crippen LogP contribution in [0.25, 0.3) is 11.1 Å². The zero-order valence-corrected chi connectivity index (χ0v) is 16.8. The Bertz CT molecular complexity index is 948. The smallest absolute Gasteiger partial charge is 0.250 e. The topological polar surface area (TPSA) is 112 Å². The average molecular weight is 393 g/mol. The number of rotatable bonds is 5. The lowest BCUT2D eigenvalue weighted by molar-refractivity contribution is -0.127. The molecule has 1 aliphatic rings. The summed E-state index contributed by atoms with van der Waals surface area (Å²) in [6.45, 7) is 1.77. The molecule has 3 rings (SSSR count). The summed E-state index contributed by atoms with van der Waals surface area (Å²) in [5.74, 6) is -0.216. The van der Waals surface area contributed by atoms with Crippen molar-refractivity contribution in [3.05, 3.63) is 58.0 Å². The molecule has 0 unspecified atom stereocenters. The summed E-state index contributed by atoms with van der Waals surface area (Å²) in [6.07, 6.45) is 7.57. The number of nitrogens with one attached hydrogen (secondary N) is 2. The van der Waals surface area contributed by atoms with Crippen molar-refractivity contribution >= 4 is 5.91 Å². The van der Waals surface area contributed by atoms with Gasteiger partial charge in [-0.1, -0.05) is 49.9 Å². The van der Waals surface area contributed by atoms with Crippen LogP contribution in [0.3, 0.4) is 0 Å². The van der Waals surface area contributed by atoms with Crippen molar-refractivity contribution in [3.8, 4) is 17.2 Å². The first-order valence-corrected chi connectivity index (χ1v) is 10.2. The van der Waals surface area contributed by atoms with Crippen LogP contribution in [0.2, 0.25) is 0 Å². The van der Waals surface area contributed by atoms with E-state index in [0.717, 1.165) is 42.4 Å². The second-order valence-corrected chi connectivity index (χ2v) is 8.03. The molecule has 0 bridgehead atoms. The second kappa shape index (κ2) is 9.06. The number of nitrogens with zero attached hydrogens (tertiary/aromatic N) is 1. The Labute approximate surface area is 171 Å². The van der Waals surface area contributed by atoms with Crippen LogP contribution in [0.15, 0.2) is 41.3 Å². The van der Waals surface area contributed by atoms with Crippen LogP contribution in [-0.2, 0) is 11.2 Å². The number of amides is 1. The normalized spacial score (nSPS) is 17.0. The van der Waals surface area contributed by atoms with Crippen molar-refractivity contribution < 1.29 is 4.79 Å². The Morgan fingerprint density at radius 3 is 2.45 bits per heavy atom. The molecule has 1 saturated carbocycles. The van der Waals surface area contributed by atoms with Crippen LogP contribution in [0.5, 0.6) is 0 Å². The molecule has 6 nitrogen and oxygen atoms in total. The van der Waals surface area contributed by atoms with E-state index in [0.29, 0.717) is 24.8 Å². The molecule has 1 aromatic heterocycles. The summed E-state index contributed by atoms with van der Waals surface area (Å²) in [5, 5.41) is 12.4. The number of hydrogen-bond acceptors (Lipinski definition) is 4. The van der Waals surface area contributed by atoms with Crippen molar-refractivity contribution in [1.29, 1.82) is 5.26 Å². The van der Waals surface area contributed by atoms with Crippen LogP contribution in [0, 0.1) is 18.3 Å². The number of aromatic amines is 1. The van der Waals surface area contributed by atoms with Gasteiger partial charge in [0.05, 0.1) is 11.6 Å². The molecule has 1 heterocycles. The molecule has 1 amide bonds. The maximum Gasteiger partial charge on any atom is 0.250 e. The van der Waals surface area contributed by atoms with Crippen molar-refractivity contribution in [1.82, 2.24) is 10.3 Å². The first-order chi connectivity index (χ1) is 13.9. The minimum absolute atomic E-state index is 0.0932. The van der Waals surface area contributed by atoms with Crippen LogP contribution in [-0.4, -0.2) is 22.5 Å². The van der Waals surface area contributed by atoms with E-state index >= 15 is 0 Å². The van der Waals surface area contributed by atoms with Crippen LogP contribution < -0.4 is 16.6 Å². The maximum absolute atomic E-state index is 12.7. The molecule has 1 aliphatic carbocycles. The molecule has 1 aromatic carbocycles. The molecular weight excluding hydrogens is 364 g/mol. The highest BCUT2D eigenvalue weighted by Crippen LogP contribution is 2.25. The van der Waals surface area contributed by atoms with E-state index in [-0.39, 0.29) is 11.5 Å². The van der Waals surface area contributed by atoms with Gasteiger partial charge in [0, 0.05) is 18.2 Å². The highest BCUT2D eigenvalue weighted by molar-refractivity contribution is 5.86. The SMILES string of the molecule is Cc1cc(-c2ccc(C[C@@H](C#N)NC(=O)C3(N)CCCCCC3)cc2)c[nH]c1=O. The molecule has 0 aliphatic heterocycles. The van der Waals surface area contributed by atoms with Gasteiger partial charge in [-0.2, -0.15) is 5.26 Å². The van der Waals surface area contributed by atoms with E-state index in [4.69, 9.17) is 5.73 Å². The molecule has 1 fully saturated rings. The van der Waals surface area contributed by atoms with Gasteiger partial charge in [0.15, 0.2) is 0 Å². The number of carbonyl (C=O) groups is 1. The number of carbonyl (C=O) groups excluding carboxylic acids is 1. The molecule has 6 heteroatoms. The van der Waals surface area contributed by atoms with E-state index in [1.165, 1.54) is 0 Å². The summed E-state index contributed by atoms with van der Waals surface area (Å²) in [5.41, 5.74) is 8.92. The summed E-state index contributed by atoms with van der Waals surface area (Å²) < 4.78 is 0. The van der Waals surface area contributed by atoms with Gasteiger partial charge >= 0.3 is 0 Å². The number of pyridine rings is 1. The molecule has 152 valence electrons. The number of benzene rings is 1. The zero-order chi connectivity index (χ0) is 20.9. The number of nitrogens with two attached hydrogens (primary N) is 1. The Morgan fingerprint density at radius 1 is 1.21 bits per heavy atom. The van der Waals surface area contributed by atoms with Crippen molar-refractivity contribution in [3.63, 3.8) is 0 Å². The van der Waals surface area contributed by atoms with E-state index in [1.807, 2.05) is 30.3 Å². The second-order valence-electron chi connectivity index (χ2n) is 8.03. The third kappa shape index (κ3) is 5.12. The van der Waals surface area contributed by atoms with Crippen LogP contribution in [0.1, 0.15) is 49.7 Å². The van der Waals surface area contributed by atoms with E-state index in [1.54, 1.807) is 13.1 Å². The minimum Gasteiger partial charge on any atom is -0.338 e. The van der Waals surface area contributed by atoms with Gasteiger partial charge < -0.3 is 16.0 Å². The monoisotopic (exact) mass is 392 g/mol. The first kappa shape index (κ1) is 20.8. The van der Waals surface area contributed by atoms with Gasteiger partial charge in [-0.3, -0.25) is 9.59 Å². The van der Waals surface area contributed by atoms with Crippen molar-refractivity contribution in [2.24, 2.45) is 5.73 Å². The molecule has 0 radical (unpaired) electrons. The predicted molar refractivity (Wildman–Crippen MR) is 113 cm³/mol. The highest BCUT2D eigenvalue weighted by Gasteiger charge is 2.35. The van der Waals surface area contributed by atoms with Crippen LogP contribution >= 0.6 is 0 Å². The lowest BCUT2D eigenvalue weighted by atomic mass is 9.90. The van der Waals surface area contributed by atoms with E-state index < -0.39 is 11.6 Å². The van der Waals surface area contributed by atoms with Gasteiger partial charge in [0.2, 0.25) is 5.91 Å². The Kier molecular flexibility index (Phi) is 6.50. The Hall–Kier alpha value is -2.91. The largest absolute Gasteiger partial charge is 0.338 e. The number of aryl methyl sites for hydroxylation is 1. The lowest BCUT2D eigenvalue weighted by Crippen LogP contribution is -2.56. The molecule has 0 saturated heterocycles. The standard InChI is InChI=1S/C23H28N4O2/c1-16-12-19(15-26-21(16)28)18-8-6-17(7-9-18)13-20(14-24)27-22(29)23(25)10-4-2-3-5-11-23/h6-9,12,15,20H,2-5,10-11,13,25H2,1H3,(H,26,28)(H,27,29)/t20-/m0/s1. The zero-order valence-electron chi connectivity index (χ0n) is 16.8. The molecule has 2 aromatic rings. The molecular formula is C23H28N4O2. The highest BCUT2D eigenvalue weighted by atomic mass is 16.2. The average Bonchev–Trinajstić information content (AvgIpc) is 2.95. The maximum atomic E-state index is 12.7. The predicted octanol–water partition coefficient (Wildman–Crippen LogP) is 2.95. The number of hydrogen-bond donors (Lipinski definition) is 3. The third-order valence-corrected chi connectivity index (χ3v) is 5.73. The van der Waals surface area contributed by atoms with E-state index in [2.05, 4.69) is 16.4 Å². The van der Waals surface area contributed by atoms with Crippen LogP contribution in [0.4, 0.5) is 0 Å². The number of nitriles is 1. The lowest BCUT2D eigenvalue weighted by Gasteiger charge is -2.28. The molecule has 0 spiro atoms. The fourth-order valence-electron chi connectivity index (χ4n) is 3.85. The summed E-state index contributed by atoms with van der Waals surface area (Å²) in [4.78, 5) is 27.0. The quantitative estimate of drug-likeness (QED) is 0.679. The van der Waals surface area contributed by atoms with Gasteiger partial charge in [-0.05, 0) is 42.5 Å². The first-order valence-electron chi connectivity index (χ1n) is 10.2. The number of H-pyrrole nitrogens is 1. The van der Waals surface area contributed by atoms with Gasteiger partial charge in [0.25, 0.3) is 5.56 Å². The summed E-state index contributed by atoms with van der Waals surface area (Å²) in [6, 6.07) is 11.2.